The monoisotopic (exact) mass is 250 g/mol. The number of rotatable bonds is 5. The van der Waals surface area contributed by atoms with Gasteiger partial charge in [-0.25, -0.2) is 0 Å². The summed E-state index contributed by atoms with van der Waals surface area (Å²) < 4.78 is 0. The Hall–Kier alpha value is -1.39. The Morgan fingerprint density at radius 3 is 2.39 bits per heavy atom. The maximum absolute atomic E-state index is 12.0. The van der Waals surface area contributed by atoms with Crippen molar-refractivity contribution in [3.8, 4) is 0 Å². The van der Waals surface area contributed by atoms with Crippen molar-refractivity contribution in [1.82, 2.24) is 5.32 Å². The van der Waals surface area contributed by atoms with Crippen LogP contribution in [0.2, 0.25) is 0 Å². The number of amides is 1. The van der Waals surface area contributed by atoms with Crippen LogP contribution in [0, 0.1) is 0 Å². The number of carbonyl (C=O) groups is 1. The number of carbonyl (C=O) groups excluding carboxylic acids is 1. The fraction of sp³-hybridized carbons (Fsp3) is 0.500. The van der Waals surface area contributed by atoms with Crippen molar-refractivity contribution >= 4 is 5.91 Å². The zero-order valence-electron chi connectivity index (χ0n) is 11.2. The van der Waals surface area contributed by atoms with Crippen LogP contribution in [-0.4, -0.2) is 29.2 Å². The molecule has 0 radical (unpaired) electrons. The van der Waals surface area contributed by atoms with E-state index in [0.717, 1.165) is 12.0 Å². The van der Waals surface area contributed by atoms with Crippen LogP contribution in [0.3, 0.4) is 0 Å². The van der Waals surface area contributed by atoms with Crippen molar-refractivity contribution in [3.63, 3.8) is 0 Å². The Morgan fingerprint density at radius 1 is 1.39 bits per heavy atom. The molecule has 1 rings (SSSR count). The van der Waals surface area contributed by atoms with E-state index in [-0.39, 0.29) is 5.91 Å². The molecule has 1 atom stereocenters. The van der Waals surface area contributed by atoms with Gasteiger partial charge in [0.15, 0.2) is 0 Å². The maximum atomic E-state index is 12.0. The van der Waals surface area contributed by atoms with Gasteiger partial charge < -0.3 is 16.2 Å². The first-order valence-corrected chi connectivity index (χ1v) is 6.16. The van der Waals surface area contributed by atoms with Gasteiger partial charge in [-0.15, -0.1) is 0 Å². The van der Waals surface area contributed by atoms with Gasteiger partial charge in [-0.05, 0) is 51.4 Å². The van der Waals surface area contributed by atoms with Crippen molar-refractivity contribution in [2.75, 3.05) is 6.54 Å². The van der Waals surface area contributed by atoms with E-state index in [1.165, 1.54) is 0 Å². The number of hydrogen-bond acceptors (Lipinski definition) is 3. The van der Waals surface area contributed by atoms with Gasteiger partial charge in [0, 0.05) is 5.56 Å². The van der Waals surface area contributed by atoms with Crippen molar-refractivity contribution in [1.29, 1.82) is 0 Å². The smallest absolute Gasteiger partial charge is 0.251 e. The van der Waals surface area contributed by atoms with Crippen LogP contribution < -0.4 is 11.1 Å². The standard InChI is InChI=1S/C14H22N2O2/c1-10(17)14(2,3)16-13(18)12-6-4-11(5-7-12)8-9-15/h4-7,10,17H,8-9,15H2,1-3H3,(H,16,18). The summed E-state index contributed by atoms with van der Waals surface area (Å²) in [5.74, 6) is -0.180. The van der Waals surface area contributed by atoms with Crippen LogP contribution in [0.15, 0.2) is 24.3 Å². The van der Waals surface area contributed by atoms with E-state index >= 15 is 0 Å². The van der Waals surface area contributed by atoms with E-state index in [4.69, 9.17) is 5.73 Å². The van der Waals surface area contributed by atoms with Crippen LogP contribution >= 0.6 is 0 Å². The number of nitrogens with two attached hydrogens (primary N) is 1. The fourth-order valence-corrected chi connectivity index (χ4v) is 1.46. The molecule has 0 aliphatic heterocycles. The largest absolute Gasteiger partial charge is 0.391 e. The highest BCUT2D eigenvalue weighted by atomic mass is 16.3. The minimum absolute atomic E-state index is 0.180. The molecule has 0 fully saturated rings. The molecule has 1 aromatic carbocycles. The van der Waals surface area contributed by atoms with E-state index in [2.05, 4.69) is 5.32 Å². The van der Waals surface area contributed by atoms with Gasteiger partial charge in [0.05, 0.1) is 11.6 Å². The van der Waals surface area contributed by atoms with Gasteiger partial charge in [-0.3, -0.25) is 4.79 Å². The summed E-state index contributed by atoms with van der Waals surface area (Å²) in [6.45, 7) is 5.84. The summed E-state index contributed by atoms with van der Waals surface area (Å²) in [5.41, 5.74) is 6.52. The number of aliphatic hydroxyl groups is 1. The molecule has 4 N–H and O–H groups in total. The minimum atomic E-state index is -0.646. The summed E-state index contributed by atoms with van der Waals surface area (Å²) in [7, 11) is 0. The van der Waals surface area contributed by atoms with Crippen LogP contribution in [0.1, 0.15) is 36.7 Å². The Morgan fingerprint density at radius 2 is 1.94 bits per heavy atom. The number of nitrogens with one attached hydrogen (secondary N) is 1. The molecule has 4 nitrogen and oxygen atoms in total. The molecule has 0 saturated heterocycles. The van der Waals surface area contributed by atoms with Crippen LogP contribution in [0.4, 0.5) is 0 Å². The second-order valence-electron chi connectivity index (χ2n) is 5.09. The van der Waals surface area contributed by atoms with Gasteiger partial charge in [0.25, 0.3) is 5.91 Å². The predicted molar refractivity (Wildman–Crippen MR) is 72.4 cm³/mol. The molecule has 0 spiro atoms. The number of hydrogen-bond donors (Lipinski definition) is 3. The van der Waals surface area contributed by atoms with E-state index < -0.39 is 11.6 Å². The lowest BCUT2D eigenvalue weighted by molar-refractivity contribution is 0.0709. The zero-order chi connectivity index (χ0) is 13.8. The number of aliphatic hydroxyl groups excluding tert-OH is 1. The molecule has 4 heteroatoms. The van der Waals surface area contributed by atoms with Gasteiger partial charge >= 0.3 is 0 Å². The molecule has 0 bridgehead atoms. The third kappa shape index (κ3) is 3.82. The van der Waals surface area contributed by atoms with Crippen molar-refractivity contribution in [2.24, 2.45) is 5.73 Å². The molecular formula is C14H22N2O2. The fourth-order valence-electron chi connectivity index (χ4n) is 1.46. The van der Waals surface area contributed by atoms with Gasteiger partial charge in [-0.2, -0.15) is 0 Å². The summed E-state index contributed by atoms with van der Waals surface area (Å²) in [5, 5.41) is 12.4. The summed E-state index contributed by atoms with van der Waals surface area (Å²) in [6.07, 6.45) is 0.194. The van der Waals surface area contributed by atoms with Gasteiger partial charge in [0.2, 0.25) is 0 Å². The zero-order valence-corrected chi connectivity index (χ0v) is 11.2. The third-order valence-corrected chi connectivity index (χ3v) is 3.13. The minimum Gasteiger partial charge on any atom is -0.391 e. The average Bonchev–Trinajstić information content (AvgIpc) is 2.29. The quantitative estimate of drug-likeness (QED) is 0.732. The Kier molecular flexibility index (Phi) is 4.87. The highest BCUT2D eigenvalue weighted by Gasteiger charge is 2.26. The molecule has 18 heavy (non-hydrogen) atoms. The molecule has 0 heterocycles. The van der Waals surface area contributed by atoms with Crippen LogP contribution in [-0.2, 0) is 6.42 Å². The first-order valence-electron chi connectivity index (χ1n) is 6.16. The summed E-state index contributed by atoms with van der Waals surface area (Å²) >= 11 is 0. The average molecular weight is 250 g/mol. The lowest BCUT2D eigenvalue weighted by atomic mass is 9.98. The van der Waals surface area contributed by atoms with E-state index in [1.54, 1.807) is 32.9 Å². The first kappa shape index (κ1) is 14.7. The van der Waals surface area contributed by atoms with E-state index in [9.17, 15) is 9.90 Å². The lowest BCUT2D eigenvalue weighted by Gasteiger charge is -2.29. The van der Waals surface area contributed by atoms with Crippen molar-refractivity contribution < 1.29 is 9.90 Å². The lowest BCUT2D eigenvalue weighted by Crippen LogP contribution is -2.50. The highest BCUT2D eigenvalue weighted by molar-refractivity contribution is 5.94. The van der Waals surface area contributed by atoms with Crippen LogP contribution in [0.25, 0.3) is 0 Å². The Labute approximate surface area is 108 Å². The first-order chi connectivity index (χ1) is 8.36. The van der Waals surface area contributed by atoms with Gasteiger partial charge in [0.1, 0.15) is 0 Å². The van der Waals surface area contributed by atoms with Crippen molar-refractivity contribution in [2.45, 2.75) is 38.8 Å². The molecular weight excluding hydrogens is 228 g/mol. The highest BCUT2D eigenvalue weighted by Crippen LogP contribution is 2.11. The molecule has 0 aromatic heterocycles. The molecule has 1 unspecified atom stereocenters. The topological polar surface area (TPSA) is 75.3 Å². The Bertz CT molecular complexity index is 397. The molecule has 100 valence electrons. The summed E-state index contributed by atoms with van der Waals surface area (Å²) in [4.78, 5) is 12.0. The Balaban J connectivity index is 2.73. The molecule has 1 amide bonds. The van der Waals surface area contributed by atoms with Crippen LogP contribution in [0.5, 0.6) is 0 Å². The van der Waals surface area contributed by atoms with Crippen molar-refractivity contribution in [3.05, 3.63) is 35.4 Å². The van der Waals surface area contributed by atoms with Gasteiger partial charge in [-0.1, -0.05) is 12.1 Å². The summed E-state index contributed by atoms with van der Waals surface area (Å²) in [6, 6.07) is 7.35. The predicted octanol–water partition coefficient (Wildman–Crippen LogP) is 1.08. The molecule has 0 aliphatic rings. The number of benzene rings is 1. The molecule has 1 aromatic rings. The second kappa shape index (κ2) is 5.98. The second-order valence-corrected chi connectivity index (χ2v) is 5.09. The maximum Gasteiger partial charge on any atom is 0.251 e. The SMILES string of the molecule is CC(O)C(C)(C)NC(=O)c1ccc(CCN)cc1. The van der Waals surface area contributed by atoms with E-state index in [1.807, 2.05) is 12.1 Å². The normalized spacial score (nSPS) is 13.2. The van der Waals surface area contributed by atoms with E-state index in [0.29, 0.717) is 12.1 Å². The third-order valence-electron chi connectivity index (χ3n) is 3.13. The molecule has 0 saturated carbocycles. The molecule has 0 aliphatic carbocycles.